The number of nitrogens with one attached hydrogen (secondary N) is 1. The average molecular weight is 346 g/mol. The van der Waals surface area contributed by atoms with Crippen LogP contribution in [0.25, 0.3) is 17.0 Å². The van der Waals surface area contributed by atoms with Crippen molar-refractivity contribution >= 4 is 22.9 Å². The predicted octanol–water partition coefficient (Wildman–Crippen LogP) is 4.28. The van der Waals surface area contributed by atoms with Gasteiger partial charge in [0.25, 0.3) is 0 Å². The average Bonchev–Trinajstić information content (AvgIpc) is 3.43. The van der Waals surface area contributed by atoms with E-state index in [1.807, 2.05) is 53.1 Å². The molecule has 2 N–H and O–H groups in total. The molecule has 1 fully saturated rings. The minimum atomic E-state index is -0.878. The molecule has 132 valence electrons. The van der Waals surface area contributed by atoms with Crippen LogP contribution in [0, 0.1) is 0 Å². The van der Waals surface area contributed by atoms with Crippen molar-refractivity contribution in [3.05, 3.63) is 77.5 Å². The molecule has 0 bridgehead atoms. The second-order valence-corrected chi connectivity index (χ2v) is 6.84. The Hall–Kier alpha value is -2.85. The quantitative estimate of drug-likeness (QED) is 0.671. The summed E-state index contributed by atoms with van der Waals surface area (Å²) in [5.74, 6) is -0.878. The van der Waals surface area contributed by atoms with Crippen molar-refractivity contribution in [1.82, 2.24) is 9.88 Å². The second-order valence-electron chi connectivity index (χ2n) is 6.84. The third kappa shape index (κ3) is 3.16. The highest BCUT2D eigenvalue weighted by Crippen LogP contribution is 2.29. The smallest absolute Gasteiger partial charge is 0.352 e. The number of benzene rings is 2. The van der Waals surface area contributed by atoms with Crippen molar-refractivity contribution in [2.24, 2.45) is 0 Å². The summed E-state index contributed by atoms with van der Waals surface area (Å²) in [6.07, 6.45) is 4.16. The van der Waals surface area contributed by atoms with E-state index in [9.17, 15) is 9.90 Å². The number of rotatable bonds is 7. The molecule has 1 saturated carbocycles. The van der Waals surface area contributed by atoms with Crippen LogP contribution in [0.15, 0.2) is 55.1 Å². The Balaban J connectivity index is 1.79. The van der Waals surface area contributed by atoms with Gasteiger partial charge in [0.05, 0.1) is 0 Å². The maximum Gasteiger partial charge on any atom is 0.352 e. The number of aromatic carboxylic acids is 1. The van der Waals surface area contributed by atoms with Crippen LogP contribution in [0.4, 0.5) is 0 Å². The van der Waals surface area contributed by atoms with Crippen LogP contribution in [0.5, 0.6) is 0 Å². The first-order valence-corrected chi connectivity index (χ1v) is 8.95. The van der Waals surface area contributed by atoms with E-state index in [4.69, 9.17) is 0 Å². The van der Waals surface area contributed by atoms with Gasteiger partial charge in [-0.15, -0.1) is 0 Å². The molecule has 0 spiro atoms. The highest BCUT2D eigenvalue weighted by atomic mass is 16.4. The fraction of sp³-hybridized carbons (Fsp3) is 0.227. The molecule has 0 saturated heterocycles. The van der Waals surface area contributed by atoms with Gasteiger partial charge in [0.15, 0.2) is 0 Å². The first kappa shape index (κ1) is 16.6. The molecule has 1 heterocycles. The number of para-hydroxylation sites is 1. The van der Waals surface area contributed by atoms with Gasteiger partial charge in [-0.1, -0.05) is 55.1 Å². The lowest BCUT2D eigenvalue weighted by atomic mass is 10.1. The summed E-state index contributed by atoms with van der Waals surface area (Å²) in [7, 11) is 0. The van der Waals surface area contributed by atoms with E-state index in [2.05, 4.69) is 11.9 Å². The summed E-state index contributed by atoms with van der Waals surface area (Å²) >= 11 is 0. The lowest BCUT2D eigenvalue weighted by molar-refractivity contribution is 0.0684. The van der Waals surface area contributed by atoms with Crippen molar-refractivity contribution in [1.29, 1.82) is 0 Å². The van der Waals surface area contributed by atoms with Crippen LogP contribution in [0.3, 0.4) is 0 Å². The van der Waals surface area contributed by atoms with Crippen molar-refractivity contribution in [3.8, 4) is 0 Å². The standard InChI is InChI=1S/C22H22N2O2/c1-2-15-7-9-16(10-8-15)14-24-20-6-4-3-5-18(20)19(21(24)22(25)26)13-23-17-11-12-17/h2-10,17,23H,1,11-14H2,(H,25,26). The molecule has 2 aromatic carbocycles. The lowest BCUT2D eigenvalue weighted by Crippen LogP contribution is -2.18. The molecule has 4 heteroatoms. The number of carbonyl (C=O) groups is 1. The van der Waals surface area contributed by atoms with Crippen molar-refractivity contribution in [2.45, 2.75) is 32.0 Å². The Morgan fingerprint density at radius 1 is 1.19 bits per heavy atom. The van der Waals surface area contributed by atoms with E-state index in [0.29, 0.717) is 24.8 Å². The third-order valence-electron chi connectivity index (χ3n) is 4.98. The van der Waals surface area contributed by atoms with E-state index in [-0.39, 0.29) is 0 Å². The number of carboxylic acid groups (broad SMARTS) is 1. The molecule has 0 radical (unpaired) electrons. The van der Waals surface area contributed by atoms with Gasteiger partial charge in [-0.05, 0) is 30.0 Å². The van der Waals surface area contributed by atoms with Crippen molar-refractivity contribution < 1.29 is 9.90 Å². The zero-order valence-corrected chi connectivity index (χ0v) is 14.6. The van der Waals surface area contributed by atoms with Crippen molar-refractivity contribution in [3.63, 3.8) is 0 Å². The molecule has 26 heavy (non-hydrogen) atoms. The number of hydrogen-bond acceptors (Lipinski definition) is 2. The highest BCUT2D eigenvalue weighted by Gasteiger charge is 2.25. The summed E-state index contributed by atoms with van der Waals surface area (Å²) in [5.41, 5.74) is 4.35. The zero-order chi connectivity index (χ0) is 18.1. The Kier molecular flexibility index (Phi) is 4.35. The fourth-order valence-corrected chi connectivity index (χ4v) is 3.44. The van der Waals surface area contributed by atoms with Gasteiger partial charge in [0, 0.05) is 35.6 Å². The topological polar surface area (TPSA) is 54.3 Å². The summed E-state index contributed by atoms with van der Waals surface area (Å²) in [5, 5.41) is 14.4. The molecule has 0 atom stereocenters. The second kappa shape index (κ2) is 6.81. The Labute approximate surface area is 152 Å². The Bertz CT molecular complexity index is 966. The minimum absolute atomic E-state index is 0.382. The van der Waals surface area contributed by atoms with Crippen LogP contribution in [0.2, 0.25) is 0 Å². The van der Waals surface area contributed by atoms with Crippen LogP contribution >= 0.6 is 0 Å². The summed E-state index contributed by atoms with van der Waals surface area (Å²) < 4.78 is 1.92. The fourth-order valence-electron chi connectivity index (χ4n) is 3.44. The van der Waals surface area contributed by atoms with Crippen LogP contribution in [-0.2, 0) is 13.1 Å². The number of fused-ring (bicyclic) bond motifs is 1. The summed E-state index contributed by atoms with van der Waals surface area (Å²) in [4.78, 5) is 12.1. The van der Waals surface area contributed by atoms with Crippen LogP contribution < -0.4 is 5.32 Å². The molecule has 0 aliphatic heterocycles. The molecule has 4 nitrogen and oxygen atoms in total. The van der Waals surface area contributed by atoms with Crippen LogP contribution in [0.1, 0.15) is 40.0 Å². The van der Waals surface area contributed by atoms with Crippen LogP contribution in [-0.4, -0.2) is 21.7 Å². The first-order chi connectivity index (χ1) is 12.7. The van der Waals surface area contributed by atoms with Gasteiger partial charge in [-0.2, -0.15) is 0 Å². The monoisotopic (exact) mass is 346 g/mol. The minimum Gasteiger partial charge on any atom is -0.477 e. The summed E-state index contributed by atoms with van der Waals surface area (Å²) in [6.45, 7) is 4.90. The molecule has 1 aromatic heterocycles. The van der Waals surface area contributed by atoms with E-state index >= 15 is 0 Å². The first-order valence-electron chi connectivity index (χ1n) is 8.95. The maximum atomic E-state index is 12.1. The maximum absolute atomic E-state index is 12.1. The molecular weight excluding hydrogens is 324 g/mol. The van der Waals surface area contributed by atoms with Gasteiger partial charge in [-0.25, -0.2) is 4.79 Å². The molecule has 3 aromatic rings. The Morgan fingerprint density at radius 3 is 2.58 bits per heavy atom. The van der Waals surface area contributed by atoms with E-state index < -0.39 is 5.97 Å². The molecule has 1 aliphatic rings. The third-order valence-corrected chi connectivity index (χ3v) is 4.98. The number of hydrogen-bond donors (Lipinski definition) is 2. The van der Waals surface area contributed by atoms with Gasteiger partial charge >= 0.3 is 5.97 Å². The molecule has 0 unspecified atom stereocenters. The molecule has 4 rings (SSSR count). The molecule has 0 amide bonds. The van der Waals surface area contributed by atoms with E-state index in [1.54, 1.807) is 6.08 Å². The SMILES string of the molecule is C=Cc1ccc(Cn2c(C(=O)O)c(CNC3CC3)c3ccccc32)cc1. The van der Waals surface area contributed by atoms with Gasteiger partial charge in [0.1, 0.15) is 5.69 Å². The normalized spacial score (nSPS) is 13.8. The Morgan fingerprint density at radius 2 is 1.92 bits per heavy atom. The molecular formula is C22H22N2O2. The molecule has 1 aliphatic carbocycles. The number of nitrogens with zero attached hydrogens (tertiary/aromatic N) is 1. The van der Waals surface area contributed by atoms with Gasteiger partial charge in [-0.3, -0.25) is 0 Å². The largest absolute Gasteiger partial charge is 0.477 e. The van der Waals surface area contributed by atoms with Gasteiger partial charge < -0.3 is 15.0 Å². The van der Waals surface area contributed by atoms with E-state index in [0.717, 1.165) is 27.6 Å². The van der Waals surface area contributed by atoms with Gasteiger partial charge in [0.2, 0.25) is 0 Å². The zero-order valence-electron chi connectivity index (χ0n) is 14.6. The van der Waals surface area contributed by atoms with Crippen molar-refractivity contribution in [2.75, 3.05) is 0 Å². The lowest BCUT2D eigenvalue weighted by Gasteiger charge is -2.10. The predicted molar refractivity (Wildman–Crippen MR) is 104 cm³/mol. The highest BCUT2D eigenvalue weighted by molar-refractivity contribution is 5.98. The number of aromatic nitrogens is 1. The number of carboxylic acids is 1. The summed E-state index contributed by atoms with van der Waals surface area (Å²) in [6, 6.07) is 16.5. The van der Waals surface area contributed by atoms with E-state index in [1.165, 1.54) is 12.8 Å².